The molecule has 0 bridgehead atoms. The molecule has 2 aromatic heterocycles. The standard InChI is InChI=1S/C22H21N3O3/c1-24-13-14(15-7-3-5-9-17(15)24)11-12-23-21(27)19-20(26)16-8-4-6-10-18(16)25(2)22(19)28/h3-10,13,26H,11-12H2,1-2H3,(H,23,27). The Morgan fingerprint density at radius 2 is 1.64 bits per heavy atom. The first-order valence-corrected chi connectivity index (χ1v) is 9.11. The van der Waals surface area contributed by atoms with Crippen LogP contribution in [0.15, 0.2) is 59.5 Å². The molecule has 2 N–H and O–H groups in total. The van der Waals surface area contributed by atoms with Gasteiger partial charge in [-0.05, 0) is 30.2 Å². The van der Waals surface area contributed by atoms with Gasteiger partial charge < -0.3 is 19.6 Å². The maximum atomic E-state index is 12.7. The molecule has 0 atom stereocenters. The Labute approximate surface area is 161 Å². The van der Waals surface area contributed by atoms with Gasteiger partial charge in [0.2, 0.25) is 0 Å². The van der Waals surface area contributed by atoms with Gasteiger partial charge in [-0.25, -0.2) is 0 Å². The maximum absolute atomic E-state index is 12.7. The Balaban J connectivity index is 1.58. The predicted molar refractivity (Wildman–Crippen MR) is 110 cm³/mol. The monoisotopic (exact) mass is 375 g/mol. The van der Waals surface area contributed by atoms with Crippen LogP contribution in [0.25, 0.3) is 21.8 Å². The van der Waals surface area contributed by atoms with E-state index in [2.05, 4.69) is 16.0 Å². The third kappa shape index (κ3) is 2.83. The van der Waals surface area contributed by atoms with Gasteiger partial charge in [0.1, 0.15) is 11.3 Å². The van der Waals surface area contributed by atoms with E-state index in [1.54, 1.807) is 31.3 Å². The summed E-state index contributed by atoms with van der Waals surface area (Å²) in [4.78, 5) is 25.2. The van der Waals surface area contributed by atoms with Crippen LogP contribution in [-0.2, 0) is 20.5 Å². The first kappa shape index (κ1) is 17.9. The number of fused-ring (bicyclic) bond motifs is 2. The van der Waals surface area contributed by atoms with Crippen molar-refractivity contribution in [1.29, 1.82) is 0 Å². The fourth-order valence-corrected chi connectivity index (χ4v) is 3.71. The minimum Gasteiger partial charge on any atom is -0.506 e. The average molecular weight is 375 g/mol. The van der Waals surface area contributed by atoms with Crippen LogP contribution in [0.4, 0.5) is 0 Å². The third-order valence-electron chi connectivity index (χ3n) is 5.16. The molecular formula is C22H21N3O3. The molecule has 2 heterocycles. The topological polar surface area (TPSA) is 76.3 Å². The van der Waals surface area contributed by atoms with Gasteiger partial charge in [0, 0.05) is 43.1 Å². The van der Waals surface area contributed by atoms with E-state index in [-0.39, 0.29) is 11.3 Å². The Kier molecular flexibility index (Phi) is 4.39. The summed E-state index contributed by atoms with van der Waals surface area (Å²) >= 11 is 0. The van der Waals surface area contributed by atoms with Crippen molar-refractivity contribution in [1.82, 2.24) is 14.5 Å². The lowest BCUT2D eigenvalue weighted by Crippen LogP contribution is -2.33. The quantitative estimate of drug-likeness (QED) is 0.576. The van der Waals surface area contributed by atoms with E-state index in [4.69, 9.17) is 0 Å². The van der Waals surface area contributed by atoms with E-state index in [1.807, 2.05) is 31.4 Å². The molecular weight excluding hydrogens is 354 g/mol. The summed E-state index contributed by atoms with van der Waals surface area (Å²) in [6.45, 7) is 0.363. The molecule has 0 saturated carbocycles. The van der Waals surface area contributed by atoms with Gasteiger partial charge in [0.25, 0.3) is 11.5 Å². The number of amides is 1. The van der Waals surface area contributed by atoms with Crippen LogP contribution in [0.1, 0.15) is 15.9 Å². The number of aryl methyl sites for hydroxylation is 2. The summed E-state index contributed by atoms with van der Waals surface area (Å²) in [5.41, 5.74) is 2.09. The number of hydrogen-bond donors (Lipinski definition) is 2. The molecule has 142 valence electrons. The summed E-state index contributed by atoms with van der Waals surface area (Å²) in [5, 5.41) is 14.9. The number of carbonyl (C=O) groups is 1. The normalized spacial score (nSPS) is 11.2. The van der Waals surface area contributed by atoms with Crippen LogP contribution in [0.2, 0.25) is 0 Å². The predicted octanol–water partition coefficient (Wildman–Crippen LogP) is 2.71. The summed E-state index contributed by atoms with van der Waals surface area (Å²) < 4.78 is 3.44. The second-order valence-corrected chi connectivity index (χ2v) is 6.89. The first-order valence-electron chi connectivity index (χ1n) is 9.11. The number of benzene rings is 2. The molecule has 1 amide bonds. The molecule has 4 aromatic rings. The minimum absolute atomic E-state index is 0.223. The van der Waals surface area contributed by atoms with Gasteiger partial charge in [0.05, 0.1) is 5.52 Å². The molecule has 0 aliphatic rings. The van der Waals surface area contributed by atoms with Crippen molar-refractivity contribution in [3.63, 3.8) is 0 Å². The van der Waals surface area contributed by atoms with Gasteiger partial charge in [0.15, 0.2) is 0 Å². The fraction of sp³-hybridized carbons (Fsp3) is 0.182. The second-order valence-electron chi connectivity index (χ2n) is 6.89. The highest BCUT2D eigenvalue weighted by molar-refractivity contribution is 6.02. The van der Waals surface area contributed by atoms with Crippen molar-refractivity contribution in [3.8, 4) is 5.75 Å². The van der Waals surface area contributed by atoms with Crippen LogP contribution in [0.5, 0.6) is 5.75 Å². The third-order valence-corrected chi connectivity index (χ3v) is 5.16. The highest BCUT2D eigenvalue weighted by Crippen LogP contribution is 2.25. The molecule has 0 spiro atoms. The Morgan fingerprint density at radius 1 is 1.00 bits per heavy atom. The molecule has 0 unspecified atom stereocenters. The molecule has 0 aliphatic carbocycles. The Morgan fingerprint density at radius 3 is 2.39 bits per heavy atom. The summed E-state index contributed by atoms with van der Waals surface area (Å²) in [5.74, 6) is -0.842. The molecule has 0 aliphatic heterocycles. The SMILES string of the molecule is Cn1cc(CCNC(=O)c2c(O)c3ccccc3n(C)c2=O)c2ccccc21. The van der Waals surface area contributed by atoms with Crippen LogP contribution < -0.4 is 10.9 Å². The molecule has 6 heteroatoms. The fourth-order valence-electron chi connectivity index (χ4n) is 3.71. The summed E-state index contributed by atoms with van der Waals surface area (Å²) in [6, 6.07) is 15.1. The Hall–Kier alpha value is -3.54. The lowest BCUT2D eigenvalue weighted by molar-refractivity contribution is 0.0949. The summed E-state index contributed by atoms with van der Waals surface area (Å²) in [7, 11) is 3.58. The molecule has 6 nitrogen and oxygen atoms in total. The number of carbonyl (C=O) groups excluding carboxylic acids is 1. The van der Waals surface area contributed by atoms with E-state index < -0.39 is 11.5 Å². The number of rotatable bonds is 4. The first-order chi connectivity index (χ1) is 13.5. The smallest absolute Gasteiger partial charge is 0.267 e. The number of nitrogens with zero attached hydrogens (tertiary/aromatic N) is 2. The summed E-state index contributed by atoms with van der Waals surface area (Å²) in [6.07, 6.45) is 2.67. The van der Waals surface area contributed by atoms with Crippen molar-refractivity contribution in [2.24, 2.45) is 14.1 Å². The molecule has 0 radical (unpaired) electrons. The van der Waals surface area contributed by atoms with Crippen molar-refractivity contribution < 1.29 is 9.90 Å². The average Bonchev–Trinajstić information content (AvgIpc) is 3.02. The van der Waals surface area contributed by atoms with Crippen LogP contribution in [0, 0.1) is 0 Å². The molecule has 28 heavy (non-hydrogen) atoms. The molecule has 2 aromatic carbocycles. The second kappa shape index (κ2) is 6.88. The van der Waals surface area contributed by atoms with E-state index in [9.17, 15) is 14.7 Å². The van der Waals surface area contributed by atoms with Crippen molar-refractivity contribution in [3.05, 3.63) is 76.2 Å². The van der Waals surface area contributed by atoms with Crippen LogP contribution >= 0.6 is 0 Å². The molecule has 0 saturated heterocycles. The van der Waals surface area contributed by atoms with E-state index in [0.29, 0.717) is 23.9 Å². The number of pyridine rings is 1. The van der Waals surface area contributed by atoms with Gasteiger partial charge in [-0.1, -0.05) is 30.3 Å². The van der Waals surface area contributed by atoms with E-state index in [1.165, 1.54) is 4.57 Å². The van der Waals surface area contributed by atoms with Gasteiger partial charge in [-0.3, -0.25) is 9.59 Å². The van der Waals surface area contributed by atoms with Gasteiger partial charge in [-0.15, -0.1) is 0 Å². The number of nitrogens with one attached hydrogen (secondary N) is 1. The highest BCUT2D eigenvalue weighted by Gasteiger charge is 2.20. The Bertz CT molecular complexity index is 1270. The van der Waals surface area contributed by atoms with Crippen LogP contribution in [-0.4, -0.2) is 26.7 Å². The highest BCUT2D eigenvalue weighted by atomic mass is 16.3. The van der Waals surface area contributed by atoms with Crippen molar-refractivity contribution >= 4 is 27.7 Å². The van der Waals surface area contributed by atoms with E-state index in [0.717, 1.165) is 16.5 Å². The number of hydrogen-bond acceptors (Lipinski definition) is 3. The number of aromatic hydroxyl groups is 1. The number of para-hydroxylation sites is 2. The minimum atomic E-state index is -0.566. The lowest BCUT2D eigenvalue weighted by Gasteiger charge is -2.11. The van der Waals surface area contributed by atoms with Gasteiger partial charge >= 0.3 is 0 Å². The van der Waals surface area contributed by atoms with Crippen LogP contribution in [0.3, 0.4) is 0 Å². The van der Waals surface area contributed by atoms with Gasteiger partial charge in [-0.2, -0.15) is 0 Å². The lowest BCUT2D eigenvalue weighted by atomic mass is 10.1. The largest absolute Gasteiger partial charge is 0.506 e. The zero-order valence-electron chi connectivity index (χ0n) is 15.8. The molecule has 0 fully saturated rings. The van der Waals surface area contributed by atoms with Crippen molar-refractivity contribution in [2.75, 3.05) is 6.54 Å². The zero-order valence-corrected chi connectivity index (χ0v) is 15.8. The maximum Gasteiger partial charge on any atom is 0.267 e. The number of aromatic nitrogens is 2. The van der Waals surface area contributed by atoms with Crippen molar-refractivity contribution in [2.45, 2.75) is 6.42 Å². The van der Waals surface area contributed by atoms with E-state index >= 15 is 0 Å². The molecule has 4 rings (SSSR count). The zero-order chi connectivity index (χ0) is 19.8.